The van der Waals surface area contributed by atoms with Crippen molar-refractivity contribution in [1.82, 2.24) is 4.57 Å². The summed E-state index contributed by atoms with van der Waals surface area (Å²) in [7, 11) is 2.38. The molecule has 1 amide bonds. The van der Waals surface area contributed by atoms with Crippen LogP contribution in [0.4, 0.5) is 5.69 Å². The van der Waals surface area contributed by atoms with E-state index < -0.39 is 30.4 Å². The lowest BCUT2D eigenvalue weighted by Crippen LogP contribution is -2.21. The third-order valence-electron chi connectivity index (χ3n) is 4.40. The van der Waals surface area contributed by atoms with Gasteiger partial charge in [0.25, 0.3) is 5.91 Å². The fraction of sp³-hybridized carbons (Fsp3) is 0.130. The van der Waals surface area contributed by atoms with Gasteiger partial charge in [-0.1, -0.05) is 0 Å². The molecule has 1 heterocycles. The van der Waals surface area contributed by atoms with E-state index in [1.807, 2.05) is 29.1 Å². The van der Waals surface area contributed by atoms with Gasteiger partial charge in [-0.15, -0.1) is 0 Å². The molecule has 0 bridgehead atoms. The van der Waals surface area contributed by atoms with Crippen molar-refractivity contribution in [2.24, 2.45) is 0 Å². The zero-order chi connectivity index (χ0) is 23.1. The molecule has 32 heavy (non-hydrogen) atoms. The summed E-state index contributed by atoms with van der Waals surface area (Å²) in [5.74, 6) is -2.71. The summed E-state index contributed by atoms with van der Waals surface area (Å²) in [4.78, 5) is 48.1. The summed E-state index contributed by atoms with van der Waals surface area (Å²) in [6.07, 6.45) is 3.75. The highest BCUT2D eigenvalue weighted by Gasteiger charge is 2.16. The number of nitrogens with one attached hydrogen (secondary N) is 1. The Morgan fingerprint density at radius 2 is 1.34 bits per heavy atom. The minimum absolute atomic E-state index is 0.0467. The predicted molar refractivity (Wildman–Crippen MR) is 114 cm³/mol. The molecule has 1 aromatic heterocycles. The molecule has 0 atom stereocenters. The first-order chi connectivity index (χ1) is 15.4. The zero-order valence-corrected chi connectivity index (χ0v) is 17.4. The highest BCUT2D eigenvalue weighted by atomic mass is 16.5. The minimum atomic E-state index is -0.693. The Morgan fingerprint density at radius 3 is 1.88 bits per heavy atom. The van der Waals surface area contributed by atoms with Gasteiger partial charge in [-0.3, -0.25) is 4.79 Å². The molecule has 3 rings (SSSR count). The second-order valence-corrected chi connectivity index (χ2v) is 6.54. The van der Waals surface area contributed by atoms with E-state index in [2.05, 4.69) is 14.8 Å². The van der Waals surface area contributed by atoms with E-state index in [9.17, 15) is 19.2 Å². The number of nitrogens with zero attached hydrogens (tertiary/aromatic N) is 1. The van der Waals surface area contributed by atoms with Crippen LogP contribution in [-0.2, 0) is 19.0 Å². The van der Waals surface area contributed by atoms with E-state index in [1.54, 1.807) is 24.3 Å². The number of hydrogen-bond acceptors (Lipinski definition) is 7. The molecule has 0 radical (unpaired) electrons. The molecule has 0 saturated carbocycles. The van der Waals surface area contributed by atoms with Crippen molar-refractivity contribution in [2.75, 3.05) is 26.1 Å². The van der Waals surface area contributed by atoms with Crippen LogP contribution in [0.5, 0.6) is 0 Å². The number of aromatic nitrogens is 1. The molecular formula is C23H20N2O7. The van der Waals surface area contributed by atoms with Gasteiger partial charge < -0.3 is 24.1 Å². The maximum Gasteiger partial charge on any atom is 0.338 e. The molecule has 0 aliphatic rings. The number of carbonyl (C=O) groups excluding carboxylic acids is 4. The lowest BCUT2D eigenvalue weighted by atomic mass is 10.1. The van der Waals surface area contributed by atoms with Crippen LogP contribution in [0.3, 0.4) is 0 Å². The largest absolute Gasteiger partial charge is 0.465 e. The molecule has 164 valence electrons. The Labute approximate surface area is 183 Å². The normalized spacial score (nSPS) is 10.2. The average Bonchev–Trinajstić information content (AvgIpc) is 3.36. The quantitative estimate of drug-likeness (QED) is 0.448. The first-order valence-corrected chi connectivity index (χ1v) is 9.43. The Bertz CT molecular complexity index is 1100. The molecule has 2 aromatic carbocycles. The van der Waals surface area contributed by atoms with Crippen molar-refractivity contribution in [2.45, 2.75) is 0 Å². The third-order valence-corrected chi connectivity index (χ3v) is 4.40. The van der Waals surface area contributed by atoms with E-state index in [1.165, 1.54) is 32.4 Å². The van der Waals surface area contributed by atoms with Crippen LogP contribution in [0.2, 0.25) is 0 Å². The molecule has 0 spiro atoms. The highest BCUT2D eigenvalue weighted by Crippen LogP contribution is 2.17. The van der Waals surface area contributed by atoms with Crippen molar-refractivity contribution >= 4 is 29.5 Å². The number of rotatable bonds is 7. The lowest BCUT2D eigenvalue weighted by molar-refractivity contribution is -0.119. The number of anilines is 1. The fourth-order valence-electron chi connectivity index (χ4n) is 2.86. The number of ether oxygens (including phenoxy) is 3. The molecule has 9 heteroatoms. The Kier molecular flexibility index (Phi) is 7.02. The molecule has 3 aromatic rings. The van der Waals surface area contributed by atoms with Crippen LogP contribution < -0.4 is 5.32 Å². The lowest BCUT2D eigenvalue weighted by Gasteiger charge is -2.10. The van der Waals surface area contributed by atoms with Crippen molar-refractivity contribution in [3.63, 3.8) is 0 Å². The van der Waals surface area contributed by atoms with Crippen LogP contribution in [-0.4, -0.2) is 49.2 Å². The molecule has 0 saturated heterocycles. The molecule has 0 unspecified atom stereocenters. The number of carbonyl (C=O) groups is 4. The van der Waals surface area contributed by atoms with E-state index in [-0.39, 0.29) is 22.4 Å². The number of benzene rings is 2. The Balaban J connectivity index is 1.63. The van der Waals surface area contributed by atoms with Crippen LogP contribution in [0.25, 0.3) is 5.69 Å². The van der Waals surface area contributed by atoms with Gasteiger partial charge >= 0.3 is 17.9 Å². The van der Waals surface area contributed by atoms with Crippen LogP contribution in [0.15, 0.2) is 67.0 Å². The fourth-order valence-corrected chi connectivity index (χ4v) is 2.86. The average molecular weight is 436 g/mol. The summed E-state index contributed by atoms with van der Waals surface area (Å²) < 4.78 is 16.2. The maximum atomic E-state index is 12.2. The van der Waals surface area contributed by atoms with Crippen molar-refractivity contribution in [3.05, 3.63) is 83.7 Å². The number of hydrogen-bond donors (Lipinski definition) is 1. The highest BCUT2D eigenvalue weighted by molar-refractivity contribution is 6.00. The zero-order valence-electron chi connectivity index (χ0n) is 17.4. The number of esters is 3. The van der Waals surface area contributed by atoms with Crippen LogP contribution in [0.1, 0.15) is 31.1 Å². The summed E-state index contributed by atoms with van der Waals surface area (Å²) in [5, 5.41) is 2.48. The standard InChI is InChI=1S/C23H20N2O7/c1-30-21(27)16-11-17(22(28)31-2)13-18(12-16)24-20(26)14-32-23(29)15-5-7-19(8-6-15)25-9-3-4-10-25/h3-13H,14H2,1-2H3,(H,24,26). The molecule has 0 fully saturated rings. The van der Waals surface area contributed by atoms with E-state index in [0.29, 0.717) is 0 Å². The molecule has 0 aliphatic carbocycles. The molecule has 0 aliphatic heterocycles. The molecule has 9 nitrogen and oxygen atoms in total. The van der Waals surface area contributed by atoms with Crippen molar-refractivity contribution < 1.29 is 33.4 Å². The topological polar surface area (TPSA) is 113 Å². The first kappa shape index (κ1) is 22.3. The van der Waals surface area contributed by atoms with E-state index >= 15 is 0 Å². The molecular weight excluding hydrogens is 416 g/mol. The van der Waals surface area contributed by atoms with Gasteiger partial charge in [-0.2, -0.15) is 0 Å². The third kappa shape index (κ3) is 5.39. The van der Waals surface area contributed by atoms with Crippen LogP contribution >= 0.6 is 0 Å². The first-order valence-electron chi connectivity index (χ1n) is 9.43. The monoisotopic (exact) mass is 436 g/mol. The SMILES string of the molecule is COC(=O)c1cc(NC(=O)COC(=O)c2ccc(-n3cccc3)cc2)cc(C(=O)OC)c1. The van der Waals surface area contributed by atoms with Crippen molar-refractivity contribution in [3.8, 4) is 5.69 Å². The maximum absolute atomic E-state index is 12.2. The Hall–Kier alpha value is -4.40. The number of amides is 1. The second-order valence-electron chi connectivity index (χ2n) is 6.54. The number of methoxy groups -OCH3 is 2. The smallest absolute Gasteiger partial charge is 0.338 e. The summed E-state index contributed by atoms with van der Waals surface area (Å²) in [5.41, 5.74) is 1.40. The van der Waals surface area contributed by atoms with Gasteiger partial charge in [0.05, 0.1) is 30.9 Å². The van der Waals surface area contributed by atoms with Gasteiger partial charge in [0, 0.05) is 23.8 Å². The predicted octanol–water partition coefficient (Wildman–Crippen LogP) is 2.85. The summed E-state index contributed by atoms with van der Waals surface area (Å²) in [6.45, 7) is -0.561. The minimum Gasteiger partial charge on any atom is -0.465 e. The van der Waals surface area contributed by atoms with Gasteiger partial charge in [-0.25, -0.2) is 14.4 Å². The Morgan fingerprint density at radius 1 is 0.781 bits per heavy atom. The van der Waals surface area contributed by atoms with Gasteiger partial charge in [0.15, 0.2) is 6.61 Å². The van der Waals surface area contributed by atoms with Gasteiger partial charge in [-0.05, 0) is 54.6 Å². The van der Waals surface area contributed by atoms with Crippen LogP contribution in [0, 0.1) is 0 Å². The summed E-state index contributed by atoms with van der Waals surface area (Å²) >= 11 is 0. The summed E-state index contributed by atoms with van der Waals surface area (Å²) in [6, 6.07) is 14.4. The van der Waals surface area contributed by atoms with E-state index in [0.717, 1.165) is 5.69 Å². The van der Waals surface area contributed by atoms with Crippen molar-refractivity contribution in [1.29, 1.82) is 0 Å². The van der Waals surface area contributed by atoms with Gasteiger partial charge in [0.1, 0.15) is 0 Å². The van der Waals surface area contributed by atoms with E-state index in [4.69, 9.17) is 4.74 Å². The molecule has 1 N–H and O–H groups in total. The van der Waals surface area contributed by atoms with Gasteiger partial charge in [0.2, 0.25) is 0 Å². The second kappa shape index (κ2) is 10.1.